The fraction of sp³-hybridized carbons (Fsp3) is 0.500. The molecule has 0 radical (unpaired) electrons. The number of fused-ring (bicyclic) bond motifs is 1. The molecule has 1 amide bonds. The van der Waals surface area contributed by atoms with Gasteiger partial charge in [-0.15, -0.1) is 0 Å². The molecule has 2 heterocycles. The zero-order valence-electron chi connectivity index (χ0n) is 11.9. The first-order valence-electron chi connectivity index (χ1n) is 7.06. The number of amides is 1. The maximum absolute atomic E-state index is 12.5. The molecule has 106 valence electrons. The molecular weight excluding hydrogens is 254 g/mol. The number of ketones is 1. The lowest BCUT2D eigenvalue weighted by Crippen LogP contribution is -2.38. The summed E-state index contributed by atoms with van der Waals surface area (Å²) in [4.78, 5) is 25.5. The number of hydrogen-bond donors (Lipinski definition) is 0. The van der Waals surface area contributed by atoms with Gasteiger partial charge in [0.15, 0.2) is 0 Å². The first-order valence-corrected chi connectivity index (χ1v) is 7.06. The van der Waals surface area contributed by atoms with Crippen LogP contribution in [-0.4, -0.2) is 36.3 Å². The highest BCUT2D eigenvalue weighted by Crippen LogP contribution is 2.38. The van der Waals surface area contributed by atoms with Gasteiger partial charge in [0.2, 0.25) is 0 Å². The van der Waals surface area contributed by atoms with Crippen LogP contribution in [0.15, 0.2) is 18.2 Å². The third-order valence-corrected chi connectivity index (χ3v) is 4.15. The van der Waals surface area contributed by atoms with Crippen molar-refractivity contribution in [2.24, 2.45) is 0 Å². The Balaban J connectivity index is 1.84. The Morgan fingerprint density at radius 2 is 1.95 bits per heavy atom. The van der Waals surface area contributed by atoms with Crippen molar-refractivity contribution in [3.05, 3.63) is 29.3 Å². The van der Waals surface area contributed by atoms with Crippen molar-refractivity contribution in [2.45, 2.75) is 32.1 Å². The number of benzene rings is 1. The van der Waals surface area contributed by atoms with E-state index in [2.05, 4.69) is 13.8 Å². The average Bonchev–Trinajstić information content (AvgIpc) is 2.74. The molecule has 2 aliphatic rings. The molecule has 0 saturated carbocycles. The van der Waals surface area contributed by atoms with Crippen molar-refractivity contribution in [2.75, 3.05) is 19.7 Å². The van der Waals surface area contributed by atoms with Gasteiger partial charge in [-0.1, -0.05) is 13.8 Å². The van der Waals surface area contributed by atoms with E-state index in [1.807, 2.05) is 18.2 Å². The minimum Gasteiger partial charge on any atom is -0.492 e. The third kappa shape index (κ3) is 2.19. The topological polar surface area (TPSA) is 46.6 Å². The second-order valence-corrected chi connectivity index (χ2v) is 6.21. The molecule has 3 rings (SSSR count). The molecule has 20 heavy (non-hydrogen) atoms. The first-order chi connectivity index (χ1) is 9.47. The van der Waals surface area contributed by atoms with E-state index in [1.165, 1.54) is 0 Å². The Hall–Kier alpha value is -1.84. The number of hydrogen-bond acceptors (Lipinski definition) is 3. The van der Waals surface area contributed by atoms with E-state index in [9.17, 15) is 9.59 Å². The van der Waals surface area contributed by atoms with Crippen LogP contribution >= 0.6 is 0 Å². The number of Topliss-reactive ketones (excluding diaryl/α,β-unsaturated/α-hetero) is 1. The van der Waals surface area contributed by atoms with Gasteiger partial charge in [-0.05, 0) is 18.2 Å². The molecule has 1 aromatic rings. The van der Waals surface area contributed by atoms with Gasteiger partial charge in [0.25, 0.3) is 5.91 Å². The zero-order chi connectivity index (χ0) is 14.3. The van der Waals surface area contributed by atoms with E-state index in [4.69, 9.17) is 4.74 Å². The van der Waals surface area contributed by atoms with E-state index in [1.54, 1.807) is 4.90 Å². The van der Waals surface area contributed by atoms with Gasteiger partial charge in [-0.2, -0.15) is 0 Å². The molecule has 0 aromatic heterocycles. The predicted molar refractivity (Wildman–Crippen MR) is 75.1 cm³/mol. The summed E-state index contributed by atoms with van der Waals surface area (Å²) in [6, 6.07) is 5.65. The maximum atomic E-state index is 12.5. The van der Waals surface area contributed by atoms with Crippen LogP contribution in [0.4, 0.5) is 0 Å². The molecular formula is C16H19NO3. The van der Waals surface area contributed by atoms with Gasteiger partial charge >= 0.3 is 0 Å². The number of piperidine rings is 1. The minimum atomic E-state index is -0.0521. The van der Waals surface area contributed by atoms with Gasteiger partial charge < -0.3 is 9.64 Å². The maximum Gasteiger partial charge on any atom is 0.253 e. The summed E-state index contributed by atoms with van der Waals surface area (Å²) in [6.45, 7) is 5.96. The van der Waals surface area contributed by atoms with Gasteiger partial charge in [0.05, 0.1) is 6.61 Å². The largest absolute Gasteiger partial charge is 0.492 e. The average molecular weight is 273 g/mol. The number of likely N-dealkylation sites (tertiary alicyclic amines) is 1. The summed E-state index contributed by atoms with van der Waals surface area (Å²) in [5.41, 5.74) is 1.73. The molecule has 0 bridgehead atoms. The monoisotopic (exact) mass is 273 g/mol. The molecule has 1 saturated heterocycles. The Kier molecular flexibility index (Phi) is 3.04. The van der Waals surface area contributed by atoms with Crippen LogP contribution < -0.4 is 4.74 Å². The standard InChI is InChI=1S/C16H19NO3/c1-16(2)10-20-14-4-3-11(9-13(14)16)15(19)17-7-5-12(18)6-8-17/h3-4,9H,5-8,10H2,1-2H3. The van der Waals surface area contributed by atoms with Crippen molar-refractivity contribution in [1.29, 1.82) is 0 Å². The van der Waals surface area contributed by atoms with Gasteiger partial charge in [0.1, 0.15) is 11.5 Å². The van der Waals surface area contributed by atoms with Crippen LogP contribution in [0.5, 0.6) is 5.75 Å². The Morgan fingerprint density at radius 3 is 2.65 bits per heavy atom. The Morgan fingerprint density at radius 1 is 1.25 bits per heavy atom. The van der Waals surface area contributed by atoms with E-state index >= 15 is 0 Å². The molecule has 0 spiro atoms. The van der Waals surface area contributed by atoms with Crippen molar-refractivity contribution in [3.8, 4) is 5.75 Å². The van der Waals surface area contributed by atoms with Crippen molar-refractivity contribution >= 4 is 11.7 Å². The van der Waals surface area contributed by atoms with Gasteiger partial charge in [-0.3, -0.25) is 9.59 Å². The first kappa shape index (κ1) is 13.2. The second-order valence-electron chi connectivity index (χ2n) is 6.21. The smallest absolute Gasteiger partial charge is 0.253 e. The van der Waals surface area contributed by atoms with E-state index in [0.717, 1.165) is 11.3 Å². The summed E-state index contributed by atoms with van der Waals surface area (Å²) in [6.07, 6.45) is 0.955. The van der Waals surface area contributed by atoms with Crippen LogP contribution in [0.2, 0.25) is 0 Å². The fourth-order valence-electron chi connectivity index (χ4n) is 2.80. The molecule has 0 unspecified atom stereocenters. The quantitative estimate of drug-likeness (QED) is 0.787. The summed E-state index contributed by atoms with van der Waals surface area (Å²) >= 11 is 0. The lowest BCUT2D eigenvalue weighted by atomic mass is 9.86. The number of carbonyl (C=O) groups is 2. The summed E-state index contributed by atoms with van der Waals surface area (Å²) < 4.78 is 5.64. The number of nitrogens with zero attached hydrogens (tertiary/aromatic N) is 1. The van der Waals surface area contributed by atoms with E-state index < -0.39 is 0 Å². The lowest BCUT2D eigenvalue weighted by molar-refractivity contribution is -0.120. The van der Waals surface area contributed by atoms with E-state index in [0.29, 0.717) is 38.1 Å². The van der Waals surface area contributed by atoms with Gasteiger partial charge in [-0.25, -0.2) is 0 Å². The molecule has 1 fully saturated rings. The van der Waals surface area contributed by atoms with Gasteiger partial charge in [0, 0.05) is 42.5 Å². The number of rotatable bonds is 1. The predicted octanol–water partition coefficient (Wildman–Crippen LogP) is 2.16. The Bertz CT molecular complexity index is 567. The van der Waals surface area contributed by atoms with Crippen LogP contribution in [-0.2, 0) is 10.2 Å². The highest BCUT2D eigenvalue weighted by Gasteiger charge is 2.33. The SMILES string of the molecule is CC1(C)COc2ccc(C(=O)N3CCC(=O)CC3)cc21. The molecule has 0 N–H and O–H groups in total. The van der Waals surface area contributed by atoms with Crippen LogP contribution in [0.1, 0.15) is 42.6 Å². The zero-order valence-corrected chi connectivity index (χ0v) is 11.9. The van der Waals surface area contributed by atoms with Crippen molar-refractivity contribution in [1.82, 2.24) is 4.90 Å². The summed E-state index contributed by atoms with van der Waals surface area (Å²) in [7, 11) is 0. The highest BCUT2D eigenvalue weighted by atomic mass is 16.5. The van der Waals surface area contributed by atoms with Crippen molar-refractivity contribution in [3.63, 3.8) is 0 Å². The summed E-state index contributed by atoms with van der Waals surface area (Å²) in [5, 5.41) is 0. The van der Waals surface area contributed by atoms with E-state index in [-0.39, 0.29) is 17.1 Å². The molecule has 1 aromatic carbocycles. The fourth-order valence-corrected chi connectivity index (χ4v) is 2.80. The highest BCUT2D eigenvalue weighted by molar-refractivity contribution is 5.96. The molecule has 4 heteroatoms. The minimum absolute atomic E-state index is 0.0167. The Labute approximate surface area is 118 Å². The second kappa shape index (κ2) is 4.62. The van der Waals surface area contributed by atoms with Crippen LogP contribution in [0, 0.1) is 0 Å². The normalized spacial score (nSPS) is 20.5. The lowest BCUT2D eigenvalue weighted by Gasteiger charge is -2.26. The van der Waals surface area contributed by atoms with Crippen molar-refractivity contribution < 1.29 is 14.3 Å². The molecule has 2 aliphatic heterocycles. The van der Waals surface area contributed by atoms with Crippen LogP contribution in [0.3, 0.4) is 0 Å². The summed E-state index contributed by atoms with van der Waals surface area (Å²) in [5.74, 6) is 1.14. The molecule has 0 atom stereocenters. The molecule has 0 aliphatic carbocycles. The third-order valence-electron chi connectivity index (χ3n) is 4.15. The number of ether oxygens (including phenoxy) is 1. The van der Waals surface area contributed by atoms with Crippen LogP contribution in [0.25, 0.3) is 0 Å². The number of carbonyl (C=O) groups excluding carboxylic acids is 2. The molecule has 4 nitrogen and oxygen atoms in total.